The summed E-state index contributed by atoms with van der Waals surface area (Å²) in [6, 6.07) is 28.8. The number of hydrogen-bond donors (Lipinski definition) is 0. The van der Waals surface area contributed by atoms with Crippen molar-refractivity contribution >= 4 is 27.4 Å². The van der Waals surface area contributed by atoms with Crippen molar-refractivity contribution in [1.29, 1.82) is 0 Å². The number of rotatable bonds is 4. The lowest BCUT2D eigenvalue weighted by Gasteiger charge is -2.26. The predicted molar refractivity (Wildman–Crippen MR) is 135 cm³/mol. The van der Waals surface area contributed by atoms with Gasteiger partial charge in [0.25, 0.3) is 0 Å². The molecule has 5 aromatic rings. The molecular weight excluding hydrogens is 428 g/mol. The third-order valence-electron chi connectivity index (χ3n) is 5.79. The van der Waals surface area contributed by atoms with Crippen molar-refractivity contribution in [2.24, 2.45) is 0 Å². The number of benzene rings is 3. The highest BCUT2D eigenvalue weighted by molar-refractivity contribution is 7.19. The SMILES string of the molecule is c1ccc(-c2nc(-c3sc(N4CCOCC4)nc3-c3ccccc3)c3ccccc3n2)cc1. The van der Waals surface area contributed by atoms with E-state index < -0.39 is 0 Å². The third-order valence-corrected chi connectivity index (χ3v) is 6.92. The third kappa shape index (κ3) is 3.88. The van der Waals surface area contributed by atoms with E-state index in [0.29, 0.717) is 0 Å². The number of para-hydroxylation sites is 1. The maximum atomic E-state index is 5.56. The number of hydrogen-bond acceptors (Lipinski definition) is 6. The van der Waals surface area contributed by atoms with Gasteiger partial charge in [0.05, 0.1) is 35.0 Å². The lowest BCUT2D eigenvalue weighted by molar-refractivity contribution is 0.122. The molecule has 0 N–H and O–H groups in total. The summed E-state index contributed by atoms with van der Waals surface area (Å²) in [5.74, 6) is 0.727. The standard InChI is InChI=1S/C27H22N4OS/c1-3-9-19(10-4-1)23-25(33-27(30-23)31-15-17-32-18-16-31)24-21-13-7-8-14-22(21)28-26(29-24)20-11-5-2-6-12-20/h1-14H,15-18H2. The normalized spacial score (nSPS) is 14.0. The molecule has 1 aliphatic heterocycles. The molecule has 5 nitrogen and oxygen atoms in total. The van der Waals surface area contributed by atoms with Gasteiger partial charge in [0.1, 0.15) is 0 Å². The predicted octanol–water partition coefficient (Wildman–Crippen LogP) is 5.92. The van der Waals surface area contributed by atoms with Crippen LogP contribution in [0, 0.1) is 0 Å². The maximum Gasteiger partial charge on any atom is 0.186 e. The average Bonchev–Trinajstić information content (AvgIpc) is 3.35. The van der Waals surface area contributed by atoms with E-state index in [4.69, 9.17) is 19.7 Å². The van der Waals surface area contributed by atoms with Crippen molar-refractivity contribution in [3.63, 3.8) is 0 Å². The van der Waals surface area contributed by atoms with Crippen LogP contribution in [0.3, 0.4) is 0 Å². The summed E-state index contributed by atoms with van der Waals surface area (Å²) >= 11 is 1.70. The zero-order valence-corrected chi connectivity index (χ0v) is 18.8. The lowest BCUT2D eigenvalue weighted by Crippen LogP contribution is -2.36. The zero-order chi connectivity index (χ0) is 22.0. The first kappa shape index (κ1) is 20.0. The van der Waals surface area contributed by atoms with Crippen molar-refractivity contribution in [1.82, 2.24) is 15.0 Å². The summed E-state index contributed by atoms with van der Waals surface area (Å²) in [6.07, 6.45) is 0. The molecule has 3 heterocycles. The first-order valence-electron chi connectivity index (χ1n) is 11.1. The van der Waals surface area contributed by atoms with E-state index in [9.17, 15) is 0 Å². The molecule has 162 valence electrons. The van der Waals surface area contributed by atoms with E-state index >= 15 is 0 Å². The molecule has 1 aliphatic rings. The van der Waals surface area contributed by atoms with Crippen LogP contribution in [0.4, 0.5) is 5.13 Å². The van der Waals surface area contributed by atoms with Crippen LogP contribution < -0.4 is 4.90 Å². The molecule has 6 rings (SSSR count). The van der Waals surface area contributed by atoms with Gasteiger partial charge >= 0.3 is 0 Å². The Hall–Kier alpha value is -3.61. The Morgan fingerprint density at radius 1 is 0.667 bits per heavy atom. The number of anilines is 1. The van der Waals surface area contributed by atoms with Crippen molar-refractivity contribution in [3.8, 4) is 33.2 Å². The summed E-state index contributed by atoms with van der Waals surface area (Å²) < 4.78 is 5.56. The molecule has 2 aromatic heterocycles. The van der Waals surface area contributed by atoms with Crippen molar-refractivity contribution < 1.29 is 4.74 Å². The zero-order valence-electron chi connectivity index (χ0n) is 18.0. The highest BCUT2D eigenvalue weighted by atomic mass is 32.1. The fraction of sp³-hybridized carbons (Fsp3) is 0.148. The molecule has 0 aliphatic carbocycles. The van der Waals surface area contributed by atoms with Crippen LogP contribution in [0.1, 0.15) is 0 Å². The Balaban J connectivity index is 1.59. The fourth-order valence-corrected chi connectivity index (χ4v) is 5.26. The molecule has 6 heteroatoms. The number of nitrogens with zero attached hydrogens (tertiary/aromatic N) is 4. The van der Waals surface area contributed by atoms with Crippen LogP contribution in [-0.4, -0.2) is 41.3 Å². The number of ether oxygens (including phenoxy) is 1. The van der Waals surface area contributed by atoms with E-state index in [1.54, 1.807) is 11.3 Å². The molecule has 0 unspecified atom stereocenters. The van der Waals surface area contributed by atoms with Gasteiger partial charge < -0.3 is 9.64 Å². The highest BCUT2D eigenvalue weighted by Crippen LogP contribution is 2.42. The van der Waals surface area contributed by atoms with Gasteiger partial charge in [-0.2, -0.15) is 0 Å². The second kappa shape index (κ2) is 8.73. The van der Waals surface area contributed by atoms with Crippen LogP contribution in [-0.2, 0) is 4.74 Å². The van der Waals surface area contributed by atoms with Crippen molar-refractivity contribution in [2.75, 3.05) is 31.2 Å². The van der Waals surface area contributed by atoms with Crippen LogP contribution in [0.2, 0.25) is 0 Å². The van der Waals surface area contributed by atoms with E-state index in [1.165, 1.54) is 0 Å². The van der Waals surface area contributed by atoms with Crippen LogP contribution in [0.25, 0.3) is 44.1 Å². The number of aromatic nitrogens is 3. The van der Waals surface area contributed by atoms with Gasteiger partial charge in [-0.05, 0) is 6.07 Å². The quantitative estimate of drug-likeness (QED) is 0.340. The van der Waals surface area contributed by atoms with E-state index in [2.05, 4.69) is 53.4 Å². The van der Waals surface area contributed by atoms with E-state index in [-0.39, 0.29) is 0 Å². The van der Waals surface area contributed by atoms with E-state index in [0.717, 1.165) is 75.6 Å². The number of fused-ring (bicyclic) bond motifs is 1. The second-order valence-electron chi connectivity index (χ2n) is 7.92. The lowest BCUT2D eigenvalue weighted by atomic mass is 10.1. The minimum atomic E-state index is 0.726. The Morgan fingerprint density at radius 3 is 2.09 bits per heavy atom. The Kier molecular flexibility index (Phi) is 5.30. The summed E-state index contributed by atoms with van der Waals surface area (Å²) in [5.41, 5.74) is 4.91. The molecule has 0 saturated carbocycles. The van der Waals surface area contributed by atoms with Crippen LogP contribution in [0.15, 0.2) is 84.9 Å². The molecule has 0 atom stereocenters. The fourth-order valence-electron chi connectivity index (χ4n) is 4.12. The molecule has 1 fully saturated rings. The Labute approximate surface area is 196 Å². The molecule has 0 bridgehead atoms. The summed E-state index contributed by atoms with van der Waals surface area (Å²) in [6.45, 7) is 3.15. The van der Waals surface area contributed by atoms with Crippen LogP contribution >= 0.6 is 11.3 Å². The summed E-state index contributed by atoms with van der Waals surface area (Å²) in [5, 5.41) is 2.04. The number of morpholine rings is 1. The largest absolute Gasteiger partial charge is 0.378 e. The maximum absolute atomic E-state index is 5.56. The van der Waals surface area contributed by atoms with Crippen molar-refractivity contribution in [2.45, 2.75) is 0 Å². The first-order chi connectivity index (χ1) is 16.4. The van der Waals surface area contributed by atoms with Gasteiger partial charge in [0, 0.05) is 29.6 Å². The van der Waals surface area contributed by atoms with Gasteiger partial charge in [0.15, 0.2) is 11.0 Å². The summed E-state index contributed by atoms with van der Waals surface area (Å²) in [7, 11) is 0. The summed E-state index contributed by atoms with van der Waals surface area (Å²) in [4.78, 5) is 18.5. The van der Waals surface area contributed by atoms with Gasteiger partial charge in [-0.15, -0.1) is 0 Å². The minimum Gasteiger partial charge on any atom is -0.378 e. The molecule has 1 saturated heterocycles. The molecular formula is C27H22N4OS. The molecule has 3 aromatic carbocycles. The molecule has 33 heavy (non-hydrogen) atoms. The minimum absolute atomic E-state index is 0.726. The molecule has 0 spiro atoms. The van der Waals surface area contributed by atoms with E-state index in [1.807, 2.05) is 36.4 Å². The second-order valence-corrected chi connectivity index (χ2v) is 8.90. The van der Waals surface area contributed by atoms with Crippen molar-refractivity contribution in [3.05, 3.63) is 84.9 Å². The monoisotopic (exact) mass is 450 g/mol. The highest BCUT2D eigenvalue weighted by Gasteiger charge is 2.23. The topological polar surface area (TPSA) is 51.1 Å². The van der Waals surface area contributed by atoms with Gasteiger partial charge in [-0.25, -0.2) is 15.0 Å². The smallest absolute Gasteiger partial charge is 0.186 e. The van der Waals surface area contributed by atoms with Gasteiger partial charge in [-0.3, -0.25) is 0 Å². The average molecular weight is 451 g/mol. The molecule has 0 radical (unpaired) electrons. The number of thiazole rings is 1. The molecule has 0 amide bonds. The van der Waals surface area contributed by atoms with Gasteiger partial charge in [0.2, 0.25) is 0 Å². The van der Waals surface area contributed by atoms with Crippen LogP contribution in [0.5, 0.6) is 0 Å². The first-order valence-corrected chi connectivity index (χ1v) is 11.9. The Morgan fingerprint density at radius 2 is 1.33 bits per heavy atom. The Bertz CT molecular complexity index is 1400. The van der Waals surface area contributed by atoms with Gasteiger partial charge in [-0.1, -0.05) is 90.2 Å².